The van der Waals surface area contributed by atoms with Crippen LogP contribution >= 0.6 is 0 Å². The van der Waals surface area contributed by atoms with Crippen molar-refractivity contribution in [1.29, 1.82) is 0 Å². The molecular weight excluding hydrogens is 340 g/mol. The van der Waals surface area contributed by atoms with Crippen LogP contribution in [-0.2, 0) is 11.3 Å². The Labute approximate surface area is 158 Å². The van der Waals surface area contributed by atoms with E-state index in [1.165, 1.54) is 12.8 Å². The molecule has 0 radical (unpaired) electrons. The number of aryl methyl sites for hydroxylation is 1. The summed E-state index contributed by atoms with van der Waals surface area (Å²) in [5.41, 5.74) is 3.72. The maximum Gasteiger partial charge on any atom is 0.249 e. The molecule has 0 aliphatic heterocycles. The van der Waals surface area contributed by atoms with Gasteiger partial charge in [0, 0.05) is 23.0 Å². The van der Waals surface area contributed by atoms with E-state index in [1.54, 1.807) is 0 Å². The fraction of sp³-hybridized carbons (Fsp3) is 0.381. The number of nitrogens with one attached hydrogen (secondary N) is 1. The topological polar surface area (TPSA) is 73.0 Å². The molecule has 1 aliphatic carbocycles. The summed E-state index contributed by atoms with van der Waals surface area (Å²) >= 11 is 0. The molecule has 1 amide bonds. The molecule has 0 atom stereocenters. The molecule has 0 spiro atoms. The Bertz CT molecular complexity index is 937. The first-order valence-electron chi connectivity index (χ1n) is 9.47. The van der Waals surface area contributed by atoms with Crippen LogP contribution in [0.15, 0.2) is 40.8 Å². The molecule has 1 aliphatic rings. The standard InChI is InChI=1S/C21H24N4O2/c1-14-12-18(21-24-23-20(27-21)16-8-4-3-5-9-16)15(2)25(14)13-19(26)22-17-10-6-7-11-17/h3-5,8-9,12,17H,6-7,10-11,13H2,1-2H3,(H,22,26). The van der Waals surface area contributed by atoms with E-state index >= 15 is 0 Å². The lowest BCUT2D eigenvalue weighted by atomic mass is 10.2. The molecule has 1 saturated carbocycles. The Morgan fingerprint density at radius 3 is 2.59 bits per heavy atom. The number of amides is 1. The first kappa shape index (κ1) is 17.5. The third kappa shape index (κ3) is 3.65. The van der Waals surface area contributed by atoms with E-state index in [4.69, 9.17) is 4.42 Å². The van der Waals surface area contributed by atoms with Crippen molar-refractivity contribution in [2.24, 2.45) is 0 Å². The quantitative estimate of drug-likeness (QED) is 0.746. The van der Waals surface area contributed by atoms with Gasteiger partial charge < -0.3 is 14.3 Å². The van der Waals surface area contributed by atoms with E-state index in [9.17, 15) is 4.79 Å². The third-order valence-electron chi connectivity index (χ3n) is 5.27. The Morgan fingerprint density at radius 2 is 1.85 bits per heavy atom. The third-order valence-corrected chi connectivity index (χ3v) is 5.27. The van der Waals surface area contributed by atoms with Gasteiger partial charge in [-0.25, -0.2) is 0 Å². The number of carbonyl (C=O) groups excluding carboxylic acids is 1. The van der Waals surface area contributed by atoms with Crippen molar-refractivity contribution < 1.29 is 9.21 Å². The molecule has 1 fully saturated rings. The highest BCUT2D eigenvalue weighted by Gasteiger charge is 2.21. The second-order valence-electron chi connectivity index (χ2n) is 7.20. The van der Waals surface area contributed by atoms with Gasteiger partial charge >= 0.3 is 0 Å². The van der Waals surface area contributed by atoms with Crippen LogP contribution in [-0.4, -0.2) is 26.7 Å². The number of hydrogen-bond acceptors (Lipinski definition) is 4. The number of nitrogens with zero attached hydrogens (tertiary/aromatic N) is 3. The van der Waals surface area contributed by atoms with E-state index in [1.807, 2.05) is 54.8 Å². The number of rotatable bonds is 5. The largest absolute Gasteiger partial charge is 0.416 e. The second-order valence-corrected chi connectivity index (χ2v) is 7.20. The zero-order valence-corrected chi connectivity index (χ0v) is 15.7. The minimum absolute atomic E-state index is 0.0609. The van der Waals surface area contributed by atoms with Crippen molar-refractivity contribution >= 4 is 5.91 Å². The molecule has 3 aromatic rings. The molecular formula is C21H24N4O2. The summed E-state index contributed by atoms with van der Waals surface area (Å²) in [4.78, 5) is 12.4. The van der Waals surface area contributed by atoms with Crippen molar-refractivity contribution in [1.82, 2.24) is 20.1 Å². The molecule has 0 unspecified atom stereocenters. The van der Waals surface area contributed by atoms with Crippen molar-refractivity contribution in [2.75, 3.05) is 0 Å². The van der Waals surface area contributed by atoms with Crippen LogP contribution in [0.5, 0.6) is 0 Å². The highest BCUT2D eigenvalue weighted by atomic mass is 16.4. The average Bonchev–Trinajstić information content (AvgIpc) is 3.40. The van der Waals surface area contributed by atoms with Gasteiger partial charge in [-0.15, -0.1) is 10.2 Å². The Kier molecular flexibility index (Phi) is 4.79. The summed E-state index contributed by atoms with van der Waals surface area (Å²) in [6.45, 7) is 4.29. The van der Waals surface area contributed by atoms with Gasteiger partial charge in [-0.3, -0.25) is 4.79 Å². The Morgan fingerprint density at radius 1 is 1.15 bits per heavy atom. The summed E-state index contributed by atoms with van der Waals surface area (Å²) in [5.74, 6) is 1.03. The Hall–Kier alpha value is -2.89. The number of benzene rings is 1. The highest BCUT2D eigenvalue weighted by molar-refractivity contribution is 5.77. The van der Waals surface area contributed by atoms with Gasteiger partial charge in [0.25, 0.3) is 0 Å². The molecule has 6 heteroatoms. The second kappa shape index (κ2) is 7.39. The maximum atomic E-state index is 12.4. The normalized spacial score (nSPS) is 14.6. The molecule has 140 valence electrons. The van der Waals surface area contributed by atoms with Gasteiger partial charge in [-0.05, 0) is 44.9 Å². The van der Waals surface area contributed by atoms with E-state index in [0.29, 0.717) is 24.4 Å². The molecule has 2 heterocycles. The van der Waals surface area contributed by atoms with Crippen molar-refractivity contribution in [3.63, 3.8) is 0 Å². The van der Waals surface area contributed by atoms with E-state index in [0.717, 1.165) is 35.4 Å². The number of hydrogen-bond donors (Lipinski definition) is 1. The van der Waals surface area contributed by atoms with Gasteiger partial charge in [0.1, 0.15) is 6.54 Å². The smallest absolute Gasteiger partial charge is 0.249 e. The first-order chi connectivity index (χ1) is 13.1. The van der Waals surface area contributed by atoms with Gasteiger partial charge in [0.05, 0.1) is 5.56 Å². The fourth-order valence-electron chi connectivity index (χ4n) is 3.78. The summed E-state index contributed by atoms with van der Waals surface area (Å²) in [5, 5.41) is 11.5. The molecule has 27 heavy (non-hydrogen) atoms. The SMILES string of the molecule is Cc1cc(-c2nnc(-c3ccccc3)o2)c(C)n1CC(=O)NC1CCCC1. The zero-order valence-electron chi connectivity index (χ0n) is 15.7. The monoisotopic (exact) mass is 364 g/mol. The molecule has 2 aromatic heterocycles. The molecule has 0 bridgehead atoms. The molecule has 0 saturated heterocycles. The van der Waals surface area contributed by atoms with Gasteiger partial charge in [0.2, 0.25) is 17.7 Å². The van der Waals surface area contributed by atoms with Crippen LogP contribution in [0.4, 0.5) is 0 Å². The average molecular weight is 364 g/mol. The lowest BCUT2D eigenvalue weighted by Gasteiger charge is -2.14. The van der Waals surface area contributed by atoms with E-state index in [2.05, 4.69) is 15.5 Å². The first-order valence-corrected chi connectivity index (χ1v) is 9.47. The van der Waals surface area contributed by atoms with Crippen molar-refractivity contribution in [3.8, 4) is 22.9 Å². The van der Waals surface area contributed by atoms with Crippen LogP contribution < -0.4 is 5.32 Å². The molecule has 4 rings (SSSR count). The summed E-state index contributed by atoms with van der Waals surface area (Å²) in [6, 6.07) is 12.0. The zero-order chi connectivity index (χ0) is 18.8. The fourth-order valence-corrected chi connectivity index (χ4v) is 3.78. The van der Waals surface area contributed by atoms with Crippen molar-refractivity contribution in [2.45, 2.75) is 52.1 Å². The van der Waals surface area contributed by atoms with E-state index < -0.39 is 0 Å². The number of carbonyl (C=O) groups is 1. The summed E-state index contributed by atoms with van der Waals surface area (Å²) in [7, 11) is 0. The van der Waals surface area contributed by atoms with Crippen LogP contribution in [0.1, 0.15) is 37.1 Å². The molecule has 1 aromatic carbocycles. The predicted octanol–water partition coefficient (Wildman–Crippen LogP) is 3.88. The minimum Gasteiger partial charge on any atom is -0.416 e. The van der Waals surface area contributed by atoms with Crippen LogP contribution in [0, 0.1) is 13.8 Å². The lowest BCUT2D eigenvalue weighted by Crippen LogP contribution is -2.35. The summed E-state index contributed by atoms with van der Waals surface area (Å²) < 4.78 is 7.89. The van der Waals surface area contributed by atoms with E-state index in [-0.39, 0.29) is 5.91 Å². The lowest BCUT2D eigenvalue weighted by molar-refractivity contribution is -0.122. The Balaban J connectivity index is 1.54. The van der Waals surface area contributed by atoms with Gasteiger partial charge in [0.15, 0.2) is 0 Å². The van der Waals surface area contributed by atoms with Crippen LogP contribution in [0.2, 0.25) is 0 Å². The van der Waals surface area contributed by atoms with Crippen LogP contribution in [0.25, 0.3) is 22.9 Å². The van der Waals surface area contributed by atoms with Crippen LogP contribution in [0.3, 0.4) is 0 Å². The molecule has 6 nitrogen and oxygen atoms in total. The van der Waals surface area contributed by atoms with Gasteiger partial charge in [-0.1, -0.05) is 31.0 Å². The maximum absolute atomic E-state index is 12.4. The number of aromatic nitrogens is 3. The minimum atomic E-state index is 0.0609. The summed E-state index contributed by atoms with van der Waals surface area (Å²) in [6.07, 6.45) is 4.59. The van der Waals surface area contributed by atoms with Gasteiger partial charge in [-0.2, -0.15) is 0 Å². The highest BCUT2D eigenvalue weighted by Crippen LogP contribution is 2.28. The molecule has 1 N–H and O–H groups in total. The predicted molar refractivity (Wildman–Crippen MR) is 103 cm³/mol. The van der Waals surface area contributed by atoms with Crippen molar-refractivity contribution in [3.05, 3.63) is 47.8 Å².